The number of halogens is 1. The number of carbonyl (C=O) groups excluding carboxylic acids is 1. The molecule has 1 heterocycles. The number of carbonyl (C=O) groups is 1. The van der Waals surface area contributed by atoms with Gasteiger partial charge in [0.25, 0.3) is 0 Å². The number of hydrogen-bond donors (Lipinski definition) is 0. The highest BCUT2D eigenvalue weighted by atomic mass is 35.5. The second-order valence-corrected chi connectivity index (χ2v) is 8.54. The van der Waals surface area contributed by atoms with Crippen molar-refractivity contribution in [2.24, 2.45) is 11.8 Å². The van der Waals surface area contributed by atoms with Gasteiger partial charge in [0.1, 0.15) is 5.75 Å². The molecule has 4 nitrogen and oxygen atoms in total. The molecule has 0 aromatic heterocycles. The lowest BCUT2D eigenvalue weighted by Crippen LogP contribution is -2.42. The molecular weight excluding hydrogens is 348 g/mol. The fourth-order valence-electron chi connectivity index (χ4n) is 3.97. The van der Waals surface area contributed by atoms with Crippen LogP contribution in [0.1, 0.15) is 45.1 Å². The number of ether oxygens (including phenoxy) is 1. The Morgan fingerprint density at radius 1 is 1.31 bits per heavy atom. The molecule has 0 radical (unpaired) electrons. The molecule has 1 saturated carbocycles. The van der Waals surface area contributed by atoms with Gasteiger partial charge in [-0.15, -0.1) is 0 Å². The maximum absolute atomic E-state index is 12.0. The summed E-state index contributed by atoms with van der Waals surface area (Å²) in [5.74, 6) is 1.61. The van der Waals surface area contributed by atoms with Crippen LogP contribution >= 0.6 is 11.6 Å². The smallest absolute Gasteiger partial charge is 0.224 e. The van der Waals surface area contributed by atoms with Gasteiger partial charge in [0, 0.05) is 26.1 Å². The number of amides is 1. The van der Waals surface area contributed by atoms with Crippen molar-refractivity contribution in [1.82, 2.24) is 9.80 Å². The molecule has 1 aliphatic carbocycles. The SMILES string of the molecule is CC(C)C(=O)N(C)CC1CC(Oc2cccc(CN3CCCC3)c2Cl)C1. The molecule has 0 atom stereocenters. The van der Waals surface area contributed by atoms with Crippen molar-refractivity contribution in [3.8, 4) is 5.75 Å². The van der Waals surface area contributed by atoms with Gasteiger partial charge in [-0.05, 0) is 56.3 Å². The van der Waals surface area contributed by atoms with Crippen molar-refractivity contribution in [3.63, 3.8) is 0 Å². The molecule has 3 rings (SSSR count). The lowest BCUT2D eigenvalue weighted by atomic mass is 9.82. The van der Waals surface area contributed by atoms with Gasteiger partial charge >= 0.3 is 0 Å². The molecule has 1 saturated heterocycles. The van der Waals surface area contributed by atoms with Gasteiger partial charge in [-0.25, -0.2) is 0 Å². The molecule has 2 aliphatic rings. The summed E-state index contributed by atoms with van der Waals surface area (Å²) in [6.45, 7) is 7.94. The number of rotatable bonds is 7. The third-order valence-corrected chi connectivity index (χ3v) is 5.95. The summed E-state index contributed by atoms with van der Waals surface area (Å²) in [5.41, 5.74) is 1.16. The van der Waals surface area contributed by atoms with Gasteiger partial charge in [-0.1, -0.05) is 37.6 Å². The Morgan fingerprint density at radius 3 is 2.65 bits per heavy atom. The molecule has 5 heteroatoms. The Labute approximate surface area is 162 Å². The van der Waals surface area contributed by atoms with Gasteiger partial charge in [-0.3, -0.25) is 9.69 Å². The summed E-state index contributed by atoms with van der Waals surface area (Å²) >= 11 is 6.60. The third-order valence-electron chi connectivity index (χ3n) is 5.52. The van der Waals surface area contributed by atoms with E-state index in [1.54, 1.807) is 0 Å². The highest BCUT2D eigenvalue weighted by Gasteiger charge is 2.33. The molecular formula is C21H31ClN2O2. The van der Waals surface area contributed by atoms with E-state index in [9.17, 15) is 4.79 Å². The first-order valence-corrected chi connectivity index (χ1v) is 10.2. The van der Waals surface area contributed by atoms with E-state index in [-0.39, 0.29) is 17.9 Å². The Bertz CT molecular complexity index is 622. The van der Waals surface area contributed by atoms with E-state index in [0.29, 0.717) is 5.92 Å². The average Bonchev–Trinajstić information content (AvgIpc) is 3.08. The standard InChI is InChI=1S/C21H31ClN2O2/c1-15(2)21(25)23(3)13-16-11-18(12-16)26-19-8-6-7-17(20(19)22)14-24-9-4-5-10-24/h6-8,15-16,18H,4-5,9-14H2,1-3H3. The molecule has 0 spiro atoms. The van der Waals surface area contributed by atoms with Gasteiger partial charge < -0.3 is 9.64 Å². The Balaban J connectivity index is 1.49. The Hall–Kier alpha value is -1.26. The van der Waals surface area contributed by atoms with E-state index < -0.39 is 0 Å². The fourth-order valence-corrected chi connectivity index (χ4v) is 4.20. The van der Waals surface area contributed by atoms with Crippen LogP contribution in [0.5, 0.6) is 5.75 Å². The van der Waals surface area contributed by atoms with Gasteiger partial charge in [0.05, 0.1) is 11.1 Å². The largest absolute Gasteiger partial charge is 0.489 e. The van der Waals surface area contributed by atoms with Crippen LogP contribution in [0.2, 0.25) is 5.02 Å². The van der Waals surface area contributed by atoms with Crippen molar-refractivity contribution in [3.05, 3.63) is 28.8 Å². The van der Waals surface area contributed by atoms with E-state index >= 15 is 0 Å². The monoisotopic (exact) mass is 378 g/mol. The number of nitrogens with zero attached hydrogens (tertiary/aromatic N) is 2. The summed E-state index contributed by atoms with van der Waals surface area (Å²) in [6.07, 6.45) is 4.75. The van der Waals surface area contributed by atoms with E-state index in [0.717, 1.165) is 55.4 Å². The summed E-state index contributed by atoms with van der Waals surface area (Å²) in [7, 11) is 1.90. The minimum Gasteiger partial charge on any atom is -0.489 e. The molecule has 0 bridgehead atoms. The van der Waals surface area contributed by atoms with Gasteiger partial charge in [-0.2, -0.15) is 0 Å². The second-order valence-electron chi connectivity index (χ2n) is 8.16. The quantitative estimate of drug-likeness (QED) is 0.712. The topological polar surface area (TPSA) is 32.8 Å². The van der Waals surface area contributed by atoms with Crippen molar-refractivity contribution in [1.29, 1.82) is 0 Å². The first-order chi connectivity index (χ1) is 12.4. The van der Waals surface area contributed by atoms with Crippen LogP contribution < -0.4 is 4.74 Å². The molecule has 2 fully saturated rings. The average molecular weight is 379 g/mol. The first-order valence-electron chi connectivity index (χ1n) is 9.85. The lowest BCUT2D eigenvalue weighted by Gasteiger charge is -2.38. The van der Waals surface area contributed by atoms with E-state index in [1.165, 1.54) is 12.8 Å². The van der Waals surface area contributed by atoms with Gasteiger partial charge in [0.2, 0.25) is 5.91 Å². The maximum Gasteiger partial charge on any atom is 0.224 e. The molecule has 1 aliphatic heterocycles. The molecule has 0 unspecified atom stereocenters. The van der Waals surface area contributed by atoms with Crippen LogP contribution in [0.25, 0.3) is 0 Å². The molecule has 1 aromatic rings. The number of benzene rings is 1. The molecule has 1 aromatic carbocycles. The van der Waals surface area contributed by atoms with E-state index in [1.807, 2.05) is 37.9 Å². The zero-order valence-electron chi connectivity index (χ0n) is 16.2. The Morgan fingerprint density at radius 2 is 2.00 bits per heavy atom. The van der Waals surface area contributed by atoms with Crippen LogP contribution in [0.4, 0.5) is 0 Å². The minimum atomic E-state index is 0.0595. The molecule has 1 amide bonds. The molecule has 26 heavy (non-hydrogen) atoms. The summed E-state index contributed by atoms with van der Waals surface area (Å²) in [6, 6.07) is 6.11. The zero-order valence-corrected chi connectivity index (χ0v) is 17.0. The highest BCUT2D eigenvalue weighted by Crippen LogP contribution is 2.36. The predicted molar refractivity (Wildman–Crippen MR) is 106 cm³/mol. The van der Waals surface area contributed by atoms with Crippen LogP contribution in [0.15, 0.2) is 18.2 Å². The van der Waals surface area contributed by atoms with Crippen LogP contribution in [-0.2, 0) is 11.3 Å². The maximum atomic E-state index is 12.0. The second kappa shape index (κ2) is 8.62. The Kier molecular flexibility index (Phi) is 6.46. The van der Waals surface area contributed by atoms with Crippen molar-refractivity contribution >= 4 is 17.5 Å². The van der Waals surface area contributed by atoms with E-state index in [2.05, 4.69) is 11.0 Å². The van der Waals surface area contributed by atoms with Crippen LogP contribution in [0.3, 0.4) is 0 Å². The normalized spacial score (nSPS) is 23.1. The third kappa shape index (κ3) is 4.72. The van der Waals surface area contributed by atoms with Crippen LogP contribution in [0, 0.1) is 11.8 Å². The first kappa shape index (κ1) is 19.5. The lowest BCUT2D eigenvalue weighted by molar-refractivity contribution is -0.134. The van der Waals surface area contributed by atoms with E-state index in [4.69, 9.17) is 16.3 Å². The molecule has 144 valence electrons. The fraction of sp³-hybridized carbons (Fsp3) is 0.667. The highest BCUT2D eigenvalue weighted by molar-refractivity contribution is 6.32. The molecule has 0 N–H and O–H groups in total. The summed E-state index contributed by atoms with van der Waals surface area (Å²) < 4.78 is 6.15. The number of hydrogen-bond acceptors (Lipinski definition) is 3. The minimum absolute atomic E-state index is 0.0595. The van der Waals surface area contributed by atoms with Gasteiger partial charge in [0.15, 0.2) is 0 Å². The summed E-state index contributed by atoms with van der Waals surface area (Å²) in [4.78, 5) is 16.3. The van der Waals surface area contributed by atoms with Crippen molar-refractivity contribution in [2.45, 2.75) is 52.2 Å². The van der Waals surface area contributed by atoms with Crippen LogP contribution in [-0.4, -0.2) is 48.5 Å². The zero-order chi connectivity index (χ0) is 18.7. The summed E-state index contributed by atoms with van der Waals surface area (Å²) in [5, 5.41) is 0.759. The number of likely N-dealkylation sites (tertiary alicyclic amines) is 1. The van der Waals surface area contributed by atoms with Crippen molar-refractivity contribution in [2.75, 3.05) is 26.7 Å². The predicted octanol–water partition coefficient (Wildman–Crippen LogP) is 4.21. The van der Waals surface area contributed by atoms with Crippen molar-refractivity contribution < 1.29 is 9.53 Å².